The van der Waals surface area contributed by atoms with E-state index in [9.17, 15) is 0 Å². The molecule has 0 unspecified atom stereocenters. The Balaban J connectivity index is 0. The van der Waals surface area contributed by atoms with Gasteiger partial charge in [0.25, 0.3) is 0 Å². The predicted molar refractivity (Wildman–Crippen MR) is 60.6 cm³/mol. The summed E-state index contributed by atoms with van der Waals surface area (Å²) in [5, 5.41) is 2.83. The summed E-state index contributed by atoms with van der Waals surface area (Å²) in [5.74, 6) is 0. The minimum absolute atomic E-state index is 0. The molecule has 0 fully saturated rings. The van der Waals surface area contributed by atoms with E-state index in [1.807, 2.05) is 7.05 Å². The third kappa shape index (κ3) is 8.83. The zero-order valence-electron chi connectivity index (χ0n) is 6.37. The van der Waals surface area contributed by atoms with E-state index in [1.165, 1.54) is 0 Å². The number of nitrogens with zero attached hydrogens (tertiary/aromatic N) is 1. The van der Waals surface area contributed by atoms with Crippen molar-refractivity contribution in [3.63, 3.8) is 0 Å². The second kappa shape index (κ2) is 8.34. The van der Waals surface area contributed by atoms with E-state index in [0.29, 0.717) is 15.2 Å². The molecule has 2 nitrogen and oxygen atoms in total. The minimum atomic E-state index is 0. The Morgan fingerprint density at radius 1 is 1.42 bits per heavy atom. The van der Waals surface area contributed by atoms with Gasteiger partial charge in [0, 0.05) is 37.2 Å². The topological polar surface area (TPSA) is 15.3 Å². The summed E-state index contributed by atoms with van der Waals surface area (Å²) in [6, 6.07) is 0. The van der Waals surface area contributed by atoms with E-state index in [-0.39, 0.29) is 17.1 Å². The molecule has 0 aromatic rings. The first-order valence-corrected chi connectivity index (χ1v) is 4.54. The summed E-state index contributed by atoms with van der Waals surface area (Å²) in [7, 11) is 1.84. The van der Waals surface area contributed by atoms with E-state index in [4.69, 9.17) is 24.8 Å². The normalized spacial score (nSPS) is 8.08. The molecule has 0 aliphatic heterocycles. The first kappa shape index (κ1) is 15.2. The molecule has 0 atom stereocenters. The molecule has 0 spiro atoms. The number of nitrogens with one attached hydrogen (secondary N) is 1. The standard InChI is InChI=1S/C5H10N2S4.Mn/c1-7(5(10)11)3-2-6-4(8)9;/h2-3H2,1H3,(H,10,11)(H2,6,8,9);/p-2. The van der Waals surface area contributed by atoms with Gasteiger partial charge in [0.1, 0.15) is 0 Å². The van der Waals surface area contributed by atoms with Crippen LogP contribution >= 0.6 is 24.4 Å². The minimum Gasteiger partial charge on any atom is -0.412 e. The van der Waals surface area contributed by atoms with Crippen molar-refractivity contribution in [2.24, 2.45) is 0 Å². The molecule has 0 aliphatic carbocycles. The molecule has 12 heavy (non-hydrogen) atoms. The van der Waals surface area contributed by atoms with Crippen molar-refractivity contribution in [1.82, 2.24) is 10.2 Å². The van der Waals surface area contributed by atoms with Gasteiger partial charge in [-0.2, -0.15) is 0 Å². The van der Waals surface area contributed by atoms with Gasteiger partial charge in [0.2, 0.25) is 0 Å². The molecule has 71 valence electrons. The number of hydrogen-bond acceptors (Lipinski definition) is 4. The smallest absolute Gasteiger partial charge is 0.0332 e. The molecule has 0 aromatic carbocycles. The zero-order valence-corrected chi connectivity index (χ0v) is 10.8. The van der Waals surface area contributed by atoms with Gasteiger partial charge in [-0.05, 0) is 0 Å². The third-order valence-corrected chi connectivity index (χ3v) is 1.94. The molecule has 1 radical (unpaired) electrons. The Morgan fingerprint density at radius 2 is 1.92 bits per heavy atom. The van der Waals surface area contributed by atoms with Crippen LogP contribution in [0.3, 0.4) is 0 Å². The number of hydrogen-bond donors (Lipinski definition) is 1. The second-order valence-corrected chi connectivity index (χ2v) is 4.01. The number of thiocarbonyl (C=S) groups is 2. The van der Waals surface area contributed by atoms with Crippen LogP contribution in [0.5, 0.6) is 0 Å². The monoisotopic (exact) mass is 279 g/mol. The van der Waals surface area contributed by atoms with Crippen molar-refractivity contribution in [3.05, 3.63) is 0 Å². The number of rotatable bonds is 3. The van der Waals surface area contributed by atoms with Crippen LogP contribution in [-0.2, 0) is 42.3 Å². The van der Waals surface area contributed by atoms with Gasteiger partial charge in [-0.3, -0.25) is 0 Å². The summed E-state index contributed by atoms with van der Waals surface area (Å²) in [5.41, 5.74) is 0. The van der Waals surface area contributed by atoms with Crippen LogP contribution < -0.4 is 5.32 Å². The summed E-state index contributed by atoms with van der Waals surface area (Å²) >= 11 is 18.8. The van der Waals surface area contributed by atoms with Crippen molar-refractivity contribution in [2.45, 2.75) is 0 Å². The first-order valence-electron chi connectivity index (χ1n) is 2.91. The van der Waals surface area contributed by atoms with E-state index >= 15 is 0 Å². The molecule has 0 saturated heterocycles. The van der Waals surface area contributed by atoms with Crippen LogP contribution in [0.15, 0.2) is 0 Å². The van der Waals surface area contributed by atoms with Crippen LogP contribution in [0.25, 0.3) is 0 Å². The molecule has 0 aromatic heterocycles. The summed E-state index contributed by atoms with van der Waals surface area (Å²) < 4.78 is 0.843. The molecule has 0 heterocycles. The van der Waals surface area contributed by atoms with Gasteiger partial charge in [0.15, 0.2) is 0 Å². The molecule has 0 amide bonds. The van der Waals surface area contributed by atoms with Crippen LogP contribution in [0.4, 0.5) is 0 Å². The Kier molecular flexibility index (Phi) is 10.6. The van der Waals surface area contributed by atoms with Crippen molar-refractivity contribution >= 4 is 58.3 Å². The Hall–Kier alpha value is 0.739. The first-order chi connectivity index (χ1) is 5.04. The van der Waals surface area contributed by atoms with E-state index in [2.05, 4.69) is 30.2 Å². The molecule has 0 saturated carbocycles. The predicted octanol–water partition coefficient (Wildman–Crippen LogP) is 0.169. The van der Waals surface area contributed by atoms with E-state index in [1.54, 1.807) is 4.90 Å². The van der Waals surface area contributed by atoms with Gasteiger partial charge >= 0.3 is 0 Å². The largest absolute Gasteiger partial charge is 0.412 e. The van der Waals surface area contributed by atoms with Gasteiger partial charge in [-0.25, -0.2) is 0 Å². The van der Waals surface area contributed by atoms with Crippen molar-refractivity contribution in [1.29, 1.82) is 0 Å². The molecular weight excluding hydrogens is 271 g/mol. The van der Waals surface area contributed by atoms with Crippen LogP contribution in [0.1, 0.15) is 0 Å². The molecule has 0 rings (SSSR count). The fourth-order valence-electron chi connectivity index (χ4n) is 0.417. The number of likely N-dealkylation sites (N-methyl/N-ethyl adjacent to an activating group) is 1. The van der Waals surface area contributed by atoms with Crippen molar-refractivity contribution in [2.75, 3.05) is 20.1 Å². The van der Waals surface area contributed by atoms with Gasteiger partial charge in [0.05, 0.1) is 0 Å². The van der Waals surface area contributed by atoms with Crippen LogP contribution in [-0.4, -0.2) is 33.7 Å². The average molecular weight is 279 g/mol. The van der Waals surface area contributed by atoms with Gasteiger partial charge in [-0.15, -0.1) is 0 Å². The molecule has 0 bridgehead atoms. The SMILES string of the molecule is CN(CCNC(=S)[S-])C(=S)[S-].[Mn]. The zero-order chi connectivity index (χ0) is 8.85. The van der Waals surface area contributed by atoms with Crippen molar-refractivity contribution < 1.29 is 17.1 Å². The van der Waals surface area contributed by atoms with Crippen LogP contribution in [0, 0.1) is 0 Å². The maximum Gasteiger partial charge on any atom is 0.0332 e. The molecule has 1 N–H and O–H groups in total. The van der Waals surface area contributed by atoms with E-state index < -0.39 is 0 Å². The van der Waals surface area contributed by atoms with Gasteiger partial charge in [-0.1, -0.05) is 8.64 Å². The molecule has 7 heteroatoms. The van der Waals surface area contributed by atoms with Crippen LogP contribution in [0.2, 0.25) is 0 Å². The van der Waals surface area contributed by atoms with Crippen molar-refractivity contribution in [3.8, 4) is 0 Å². The average Bonchev–Trinajstić information content (AvgIpc) is 1.86. The maximum absolute atomic E-state index is 4.75. The molecule has 0 aliphatic rings. The van der Waals surface area contributed by atoms with E-state index in [0.717, 1.165) is 6.54 Å². The Labute approximate surface area is 105 Å². The Morgan fingerprint density at radius 3 is 2.25 bits per heavy atom. The Bertz CT molecular complexity index is 164. The summed E-state index contributed by atoms with van der Waals surface area (Å²) in [6.07, 6.45) is 0. The quantitative estimate of drug-likeness (QED) is 0.447. The maximum atomic E-state index is 4.75. The molecular formula is C5H8MnN2S4-2. The summed E-state index contributed by atoms with van der Waals surface area (Å²) in [6.45, 7) is 1.43. The second-order valence-electron chi connectivity index (χ2n) is 1.90. The summed E-state index contributed by atoms with van der Waals surface area (Å²) in [4.78, 5) is 1.78. The fraction of sp³-hybridized carbons (Fsp3) is 0.600. The fourth-order valence-corrected chi connectivity index (χ4v) is 0.804. The third-order valence-electron chi connectivity index (χ3n) is 1.03. The van der Waals surface area contributed by atoms with Gasteiger partial charge < -0.3 is 59.9 Å².